The van der Waals surface area contributed by atoms with Gasteiger partial charge in [-0.1, -0.05) is 53.2 Å². The first-order valence-electron chi connectivity index (χ1n) is 12.0. The third-order valence-electron chi connectivity index (χ3n) is 6.66. The summed E-state index contributed by atoms with van der Waals surface area (Å²) in [6.07, 6.45) is 0.970. The predicted molar refractivity (Wildman–Crippen MR) is 137 cm³/mol. The highest BCUT2D eigenvalue weighted by atomic mass is 79.9. The Hall–Kier alpha value is -3.07. The molecule has 4 rings (SSSR count). The van der Waals surface area contributed by atoms with Crippen molar-refractivity contribution in [2.75, 3.05) is 31.6 Å². The van der Waals surface area contributed by atoms with Gasteiger partial charge >= 0.3 is 18.0 Å². The highest BCUT2D eigenvalue weighted by molar-refractivity contribution is 9.10. The van der Waals surface area contributed by atoms with E-state index in [4.69, 9.17) is 4.74 Å². The number of carbonyl (C=O) groups is 3. The van der Waals surface area contributed by atoms with Crippen LogP contribution in [-0.4, -0.2) is 60.1 Å². The summed E-state index contributed by atoms with van der Waals surface area (Å²) in [6, 6.07) is 13.7. The molecule has 0 aliphatic carbocycles. The van der Waals surface area contributed by atoms with Gasteiger partial charge in [-0.3, -0.25) is 4.79 Å². The van der Waals surface area contributed by atoms with Gasteiger partial charge in [0.1, 0.15) is 6.61 Å². The molecule has 0 saturated carbocycles. The number of fused-ring (bicyclic) bond motifs is 1. The molecule has 0 spiro atoms. The van der Waals surface area contributed by atoms with Crippen LogP contribution < -0.4 is 10.6 Å². The highest BCUT2D eigenvalue weighted by Crippen LogP contribution is 2.36. The Bertz CT molecular complexity index is 1110. The fourth-order valence-corrected chi connectivity index (χ4v) is 5.00. The van der Waals surface area contributed by atoms with Gasteiger partial charge in [0.05, 0.1) is 6.54 Å². The van der Waals surface area contributed by atoms with E-state index in [-0.39, 0.29) is 43.1 Å². The lowest BCUT2D eigenvalue weighted by Gasteiger charge is -2.45. The van der Waals surface area contributed by atoms with E-state index in [1.807, 2.05) is 42.2 Å². The van der Waals surface area contributed by atoms with Gasteiger partial charge in [0, 0.05) is 48.2 Å². The topological polar surface area (TPSA) is 91.0 Å². The maximum atomic E-state index is 13.1. The molecule has 2 aliphatic rings. The monoisotopic (exact) mass is 542 g/mol. The first-order valence-corrected chi connectivity index (χ1v) is 12.8. The molecule has 9 heteroatoms. The zero-order valence-corrected chi connectivity index (χ0v) is 21.6. The summed E-state index contributed by atoms with van der Waals surface area (Å²) >= 11 is 3.57. The number of hydrogen-bond acceptors (Lipinski definition) is 4. The minimum absolute atomic E-state index is 0.0461. The van der Waals surface area contributed by atoms with Crippen molar-refractivity contribution in [3.8, 4) is 0 Å². The number of benzene rings is 2. The van der Waals surface area contributed by atoms with Crippen molar-refractivity contribution in [2.45, 2.75) is 45.2 Å². The van der Waals surface area contributed by atoms with Crippen LogP contribution >= 0.6 is 15.9 Å². The van der Waals surface area contributed by atoms with Gasteiger partial charge in [0.2, 0.25) is 0 Å². The zero-order chi connectivity index (χ0) is 24.9. The van der Waals surface area contributed by atoms with Crippen molar-refractivity contribution in [2.24, 2.45) is 0 Å². The lowest BCUT2D eigenvalue weighted by atomic mass is 9.84. The number of ether oxygens (including phenoxy) is 1. The van der Waals surface area contributed by atoms with Crippen LogP contribution in [0.5, 0.6) is 0 Å². The molecule has 4 amide bonds. The molecule has 2 aromatic rings. The maximum absolute atomic E-state index is 13.1. The van der Waals surface area contributed by atoms with E-state index < -0.39 is 0 Å². The summed E-state index contributed by atoms with van der Waals surface area (Å²) in [7, 11) is 0. The number of esters is 1. The molecule has 1 fully saturated rings. The lowest BCUT2D eigenvalue weighted by Crippen LogP contribution is -2.56. The van der Waals surface area contributed by atoms with Crippen LogP contribution in [0.4, 0.5) is 15.3 Å². The fraction of sp³-hybridized carbons (Fsp3) is 0.423. The first-order chi connectivity index (χ1) is 16.9. The molecule has 35 heavy (non-hydrogen) atoms. The molecule has 2 heterocycles. The van der Waals surface area contributed by atoms with E-state index in [1.54, 1.807) is 11.8 Å². The summed E-state index contributed by atoms with van der Waals surface area (Å²) in [5, 5.41) is 5.88. The van der Waals surface area contributed by atoms with Crippen molar-refractivity contribution in [1.29, 1.82) is 0 Å². The maximum Gasteiger partial charge on any atom is 0.322 e. The SMILES string of the molecule is CCC(=O)OCCNC(=O)N1CCC(N2Cc3ccccc3NC2=O)C(c2ccc(Br)c(C)c2)C1. The third-order valence-corrected chi connectivity index (χ3v) is 7.55. The number of aryl methyl sites for hydroxylation is 1. The molecular formula is C26H31BrN4O4. The van der Waals surface area contributed by atoms with Crippen molar-refractivity contribution in [1.82, 2.24) is 15.1 Å². The largest absolute Gasteiger partial charge is 0.464 e. The number of rotatable bonds is 6. The molecule has 2 N–H and O–H groups in total. The quantitative estimate of drug-likeness (QED) is 0.411. The molecule has 186 valence electrons. The number of carbonyl (C=O) groups excluding carboxylic acids is 3. The molecule has 0 aromatic heterocycles. The Kier molecular flexibility index (Phi) is 7.95. The van der Waals surface area contributed by atoms with E-state index in [1.165, 1.54) is 0 Å². The second-order valence-electron chi connectivity index (χ2n) is 8.94. The lowest BCUT2D eigenvalue weighted by molar-refractivity contribution is -0.143. The summed E-state index contributed by atoms with van der Waals surface area (Å²) in [6.45, 7) is 5.73. The molecule has 0 radical (unpaired) electrons. The van der Waals surface area contributed by atoms with E-state index in [0.717, 1.165) is 26.9 Å². The number of piperidine rings is 1. The molecule has 2 atom stereocenters. The Morgan fingerprint density at radius 1 is 1.23 bits per heavy atom. The summed E-state index contributed by atoms with van der Waals surface area (Å²) in [5.74, 6) is -0.331. The molecule has 1 saturated heterocycles. The van der Waals surface area contributed by atoms with Crippen LogP contribution in [0.15, 0.2) is 46.9 Å². The van der Waals surface area contributed by atoms with Crippen molar-refractivity contribution >= 4 is 39.6 Å². The summed E-state index contributed by atoms with van der Waals surface area (Å²) in [5.41, 5.74) is 4.13. The number of amides is 4. The Morgan fingerprint density at radius 3 is 2.80 bits per heavy atom. The second-order valence-corrected chi connectivity index (χ2v) is 9.79. The van der Waals surface area contributed by atoms with Gasteiger partial charge in [-0.25, -0.2) is 9.59 Å². The van der Waals surface area contributed by atoms with Crippen molar-refractivity contribution in [3.05, 3.63) is 63.6 Å². The number of nitrogens with one attached hydrogen (secondary N) is 2. The van der Waals surface area contributed by atoms with Crippen LogP contribution in [0.2, 0.25) is 0 Å². The number of halogens is 1. The Labute approximate surface area is 214 Å². The van der Waals surface area contributed by atoms with E-state index in [2.05, 4.69) is 38.7 Å². The van der Waals surface area contributed by atoms with Crippen molar-refractivity contribution in [3.63, 3.8) is 0 Å². The standard InChI is InChI=1S/C26H31BrN4O4/c1-3-24(32)35-13-11-28-25(33)30-12-10-23(20(16-30)18-8-9-21(27)17(2)14-18)31-15-19-6-4-5-7-22(19)29-26(31)34/h4-9,14,20,23H,3,10-13,15-16H2,1-2H3,(H,28,33)(H,29,34). The summed E-state index contributed by atoms with van der Waals surface area (Å²) in [4.78, 5) is 41.0. The van der Waals surface area contributed by atoms with Gasteiger partial charge < -0.3 is 25.2 Å². The van der Waals surface area contributed by atoms with Crippen LogP contribution in [-0.2, 0) is 16.1 Å². The minimum atomic E-state index is -0.285. The number of para-hydroxylation sites is 1. The molecule has 8 nitrogen and oxygen atoms in total. The van der Waals surface area contributed by atoms with Crippen molar-refractivity contribution < 1.29 is 19.1 Å². The van der Waals surface area contributed by atoms with E-state index >= 15 is 0 Å². The van der Waals surface area contributed by atoms with Crippen LogP contribution in [0.3, 0.4) is 0 Å². The Balaban J connectivity index is 1.51. The van der Waals surface area contributed by atoms with Crippen LogP contribution in [0.25, 0.3) is 0 Å². The zero-order valence-electron chi connectivity index (χ0n) is 20.1. The molecule has 2 aromatic carbocycles. The van der Waals surface area contributed by atoms with Gasteiger partial charge in [-0.2, -0.15) is 0 Å². The average molecular weight is 543 g/mol. The number of nitrogens with zero attached hydrogens (tertiary/aromatic N) is 2. The summed E-state index contributed by atoms with van der Waals surface area (Å²) < 4.78 is 6.08. The third kappa shape index (κ3) is 5.78. The Morgan fingerprint density at radius 2 is 2.03 bits per heavy atom. The molecular weight excluding hydrogens is 512 g/mol. The van der Waals surface area contributed by atoms with Crippen LogP contribution in [0.1, 0.15) is 42.4 Å². The van der Waals surface area contributed by atoms with E-state index in [9.17, 15) is 14.4 Å². The fourth-order valence-electron chi connectivity index (χ4n) is 4.75. The average Bonchev–Trinajstić information content (AvgIpc) is 2.87. The second kappa shape index (κ2) is 11.1. The molecule has 2 aliphatic heterocycles. The van der Waals surface area contributed by atoms with Gasteiger partial charge in [0.15, 0.2) is 0 Å². The number of hydrogen-bond donors (Lipinski definition) is 2. The smallest absolute Gasteiger partial charge is 0.322 e. The number of urea groups is 2. The highest BCUT2D eigenvalue weighted by Gasteiger charge is 2.39. The normalized spacial score (nSPS) is 19.6. The predicted octanol–water partition coefficient (Wildman–Crippen LogP) is 4.63. The first kappa shape index (κ1) is 25.0. The molecule has 0 bridgehead atoms. The van der Waals surface area contributed by atoms with Gasteiger partial charge in [-0.15, -0.1) is 0 Å². The van der Waals surface area contributed by atoms with Crippen LogP contribution in [0, 0.1) is 6.92 Å². The molecule has 2 unspecified atom stereocenters. The minimum Gasteiger partial charge on any atom is -0.464 e. The van der Waals surface area contributed by atoms with E-state index in [0.29, 0.717) is 32.5 Å². The van der Waals surface area contributed by atoms with Gasteiger partial charge in [0.25, 0.3) is 0 Å². The number of anilines is 1. The van der Waals surface area contributed by atoms with Gasteiger partial charge in [-0.05, 0) is 42.2 Å². The number of likely N-dealkylation sites (tertiary alicyclic amines) is 1.